The predicted octanol–water partition coefficient (Wildman–Crippen LogP) is 3.20. The summed E-state index contributed by atoms with van der Waals surface area (Å²) in [4.78, 5) is 0. The van der Waals surface area contributed by atoms with Gasteiger partial charge in [0.15, 0.2) is 11.5 Å². The van der Waals surface area contributed by atoms with Crippen LogP contribution < -0.4 is 9.47 Å². The van der Waals surface area contributed by atoms with Crippen LogP contribution in [0.5, 0.6) is 11.5 Å². The molecule has 0 N–H and O–H groups in total. The van der Waals surface area contributed by atoms with Crippen molar-refractivity contribution in [1.29, 1.82) is 0 Å². The van der Waals surface area contributed by atoms with Gasteiger partial charge in [-0.1, -0.05) is 26.8 Å². The summed E-state index contributed by atoms with van der Waals surface area (Å²) in [6.07, 6.45) is 1.06. The lowest BCUT2D eigenvalue weighted by atomic mass is 9.82. The monoisotopic (exact) mass is 338 g/mol. The molecule has 1 aromatic carbocycles. The predicted molar refractivity (Wildman–Crippen MR) is 93.2 cm³/mol. The summed E-state index contributed by atoms with van der Waals surface area (Å²) in [5, 5.41) is 0. The van der Waals surface area contributed by atoms with Gasteiger partial charge in [-0.05, 0) is 29.5 Å². The Morgan fingerprint density at radius 3 is 1.79 bits per heavy atom. The molecule has 1 heterocycles. The lowest BCUT2D eigenvalue weighted by Crippen LogP contribution is -2.16. The van der Waals surface area contributed by atoms with Crippen LogP contribution in [0.2, 0.25) is 0 Å². The van der Waals surface area contributed by atoms with Crippen molar-refractivity contribution in [3.8, 4) is 11.5 Å². The molecule has 0 amide bonds. The van der Waals surface area contributed by atoms with E-state index >= 15 is 0 Å². The second-order valence-electron chi connectivity index (χ2n) is 6.43. The van der Waals surface area contributed by atoms with E-state index in [-0.39, 0.29) is 5.41 Å². The molecule has 0 saturated carbocycles. The zero-order chi connectivity index (χ0) is 17.3. The highest BCUT2D eigenvalue weighted by atomic mass is 16.6. The molecular weight excluding hydrogens is 308 g/mol. The van der Waals surface area contributed by atoms with Crippen molar-refractivity contribution >= 4 is 0 Å². The lowest BCUT2D eigenvalue weighted by Gasteiger charge is -2.25. The number of rotatable bonds is 2. The Labute approximate surface area is 145 Å². The third-order valence-electron chi connectivity index (χ3n) is 4.32. The summed E-state index contributed by atoms with van der Waals surface area (Å²) >= 11 is 0. The topological polar surface area (TPSA) is 46.2 Å². The van der Waals surface area contributed by atoms with Crippen molar-refractivity contribution in [2.24, 2.45) is 0 Å². The van der Waals surface area contributed by atoms with Crippen LogP contribution in [0.1, 0.15) is 32.8 Å². The lowest BCUT2D eigenvalue weighted by molar-refractivity contribution is 0.00708. The van der Waals surface area contributed by atoms with Gasteiger partial charge >= 0.3 is 0 Å². The van der Waals surface area contributed by atoms with Crippen molar-refractivity contribution in [3.63, 3.8) is 0 Å². The van der Waals surface area contributed by atoms with E-state index in [2.05, 4.69) is 32.9 Å². The van der Waals surface area contributed by atoms with Crippen molar-refractivity contribution in [3.05, 3.63) is 23.8 Å². The molecule has 0 bridgehead atoms. The molecular formula is C19H30O5. The van der Waals surface area contributed by atoms with Crippen molar-refractivity contribution in [2.45, 2.75) is 32.6 Å². The maximum Gasteiger partial charge on any atom is 0.161 e. The van der Waals surface area contributed by atoms with Gasteiger partial charge in [0.2, 0.25) is 0 Å². The van der Waals surface area contributed by atoms with Crippen LogP contribution in [0.4, 0.5) is 0 Å². The first-order chi connectivity index (χ1) is 11.6. The molecule has 0 fully saturated rings. The number of fused-ring (bicyclic) bond motifs is 1. The van der Waals surface area contributed by atoms with E-state index in [1.807, 2.05) is 6.07 Å². The average molecular weight is 338 g/mol. The molecule has 1 aliphatic heterocycles. The van der Waals surface area contributed by atoms with E-state index in [1.165, 1.54) is 5.56 Å². The molecule has 5 heteroatoms. The highest BCUT2D eigenvalue weighted by Crippen LogP contribution is 2.35. The van der Waals surface area contributed by atoms with E-state index in [0.717, 1.165) is 17.9 Å². The van der Waals surface area contributed by atoms with Crippen LogP contribution in [-0.4, -0.2) is 52.9 Å². The molecule has 1 aromatic rings. The van der Waals surface area contributed by atoms with Gasteiger partial charge in [-0.15, -0.1) is 0 Å². The summed E-state index contributed by atoms with van der Waals surface area (Å²) in [5.41, 5.74) is 1.35. The molecule has 0 aliphatic carbocycles. The molecule has 5 nitrogen and oxygen atoms in total. The molecule has 0 radical (unpaired) electrons. The Kier molecular flexibility index (Phi) is 7.82. The Morgan fingerprint density at radius 1 is 0.750 bits per heavy atom. The third-order valence-corrected chi connectivity index (χ3v) is 4.32. The van der Waals surface area contributed by atoms with Crippen LogP contribution in [0.15, 0.2) is 18.2 Å². The van der Waals surface area contributed by atoms with Gasteiger partial charge < -0.3 is 23.7 Å². The fraction of sp³-hybridized carbons (Fsp3) is 0.684. The van der Waals surface area contributed by atoms with Gasteiger partial charge in [0.25, 0.3) is 0 Å². The quantitative estimate of drug-likeness (QED) is 0.829. The minimum atomic E-state index is 0.104. The average Bonchev–Trinajstić information content (AvgIpc) is 2.59. The molecule has 2 rings (SSSR count). The Balaban J connectivity index is 2.08. The largest absolute Gasteiger partial charge is 0.487 e. The van der Waals surface area contributed by atoms with E-state index in [0.29, 0.717) is 52.9 Å². The standard InChI is InChI=1S/C19H30O5/c1-4-19(2,3)16-5-6-17-18(15-16)24-14-12-22-10-8-20-7-9-21-11-13-23-17/h5-6,15H,4,7-14H2,1-3H3. The fourth-order valence-corrected chi connectivity index (χ4v) is 2.33. The second kappa shape index (κ2) is 9.87. The molecule has 0 spiro atoms. The van der Waals surface area contributed by atoms with E-state index < -0.39 is 0 Å². The third kappa shape index (κ3) is 5.96. The summed E-state index contributed by atoms with van der Waals surface area (Å²) in [7, 11) is 0. The van der Waals surface area contributed by atoms with Gasteiger partial charge in [0, 0.05) is 0 Å². The smallest absolute Gasteiger partial charge is 0.161 e. The number of benzene rings is 1. The van der Waals surface area contributed by atoms with Gasteiger partial charge in [0.1, 0.15) is 13.2 Å². The Bertz CT molecular complexity index is 487. The number of ether oxygens (including phenoxy) is 5. The molecule has 0 saturated heterocycles. The minimum absolute atomic E-state index is 0.104. The second-order valence-corrected chi connectivity index (χ2v) is 6.43. The molecule has 1 aliphatic rings. The Morgan fingerprint density at radius 2 is 1.25 bits per heavy atom. The first-order valence-electron chi connectivity index (χ1n) is 8.77. The first-order valence-corrected chi connectivity index (χ1v) is 8.77. The van der Waals surface area contributed by atoms with E-state index in [9.17, 15) is 0 Å². The van der Waals surface area contributed by atoms with Crippen LogP contribution in [0.25, 0.3) is 0 Å². The van der Waals surface area contributed by atoms with Gasteiger partial charge in [0.05, 0.1) is 39.6 Å². The SMILES string of the molecule is CCC(C)(C)c1ccc2c(c1)OCCOCCOCCOCCO2. The molecule has 0 aromatic heterocycles. The maximum absolute atomic E-state index is 5.91. The van der Waals surface area contributed by atoms with Crippen LogP contribution in [0.3, 0.4) is 0 Å². The zero-order valence-electron chi connectivity index (χ0n) is 15.1. The number of hydrogen-bond donors (Lipinski definition) is 0. The summed E-state index contributed by atoms with van der Waals surface area (Å²) in [6, 6.07) is 6.19. The molecule has 24 heavy (non-hydrogen) atoms. The highest BCUT2D eigenvalue weighted by molar-refractivity contribution is 5.45. The highest BCUT2D eigenvalue weighted by Gasteiger charge is 2.20. The van der Waals surface area contributed by atoms with E-state index in [1.54, 1.807) is 0 Å². The normalized spacial score (nSPS) is 18.5. The molecule has 0 unspecified atom stereocenters. The minimum Gasteiger partial charge on any atom is -0.487 e. The van der Waals surface area contributed by atoms with Gasteiger partial charge in [-0.3, -0.25) is 0 Å². The van der Waals surface area contributed by atoms with Crippen LogP contribution >= 0.6 is 0 Å². The number of hydrogen-bond acceptors (Lipinski definition) is 5. The van der Waals surface area contributed by atoms with Crippen LogP contribution in [0, 0.1) is 0 Å². The fourth-order valence-electron chi connectivity index (χ4n) is 2.33. The summed E-state index contributed by atoms with van der Waals surface area (Å²) in [5.74, 6) is 1.52. The van der Waals surface area contributed by atoms with Crippen molar-refractivity contribution in [1.82, 2.24) is 0 Å². The van der Waals surface area contributed by atoms with Crippen molar-refractivity contribution < 1.29 is 23.7 Å². The maximum atomic E-state index is 5.91. The summed E-state index contributed by atoms with van der Waals surface area (Å²) < 4.78 is 28.2. The van der Waals surface area contributed by atoms with Crippen molar-refractivity contribution in [2.75, 3.05) is 52.9 Å². The van der Waals surface area contributed by atoms with Gasteiger partial charge in [-0.2, -0.15) is 0 Å². The van der Waals surface area contributed by atoms with Gasteiger partial charge in [-0.25, -0.2) is 0 Å². The summed E-state index contributed by atoms with van der Waals surface area (Å²) in [6.45, 7) is 11.0. The van der Waals surface area contributed by atoms with E-state index in [4.69, 9.17) is 23.7 Å². The molecule has 136 valence electrons. The zero-order valence-corrected chi connectivity index (χ0v) is 15.1. The first kappa shape index (κ1) is 19.0. The Hall–Kier alpha value is -1.30. The van der Waals surface area contributed by atoms with Crippen LogP contribution in [-0.2, 0) is 19.6 Å². The molecule has 0 atom stereocenters.